The van der Waals surface area contributed by atoms with Crippen molar-refractivity contribution in [1.82, 2.24) is 0 Å². The number of nitrogens with zero attached hydrogens (tertiary/aromatic N) is 3. The van der Waals surface area contributed by atoms with Gasteiger partial charge >= 0.3 is 0 Å². The van der Waals surface area contributed by atoms with Crippen LogP contribution in [0.4, 0.5) is 5.69 Å². The maximum Gasteiger partial charge on any atom is 0.221 e. The van der Waals surface area contributed by atoms with Crippen molar-refractivity contribution in [2.45, 2.75) is 25.9 Å². The summed E-state index contributed by atoms with van der Waals surface area (Å²) in [6.45, 7) is 4.33. The number of rotatable bonds is 3. The quantitative estimate of drug-likeness (QED) is 0.894. The molecule has 1 heterocycles. The van der Waals surface area contributed by atoms with Crippen molar-refractivity contribution in [3.05, 3.63) is 64.7 Å². The number of halogens is 1. The van der Waals surface area contributed by atoms with Crippen LogP contribution in [0, 0.1) is 0 Å². The molecule has 2 aromatic rings. The summed E-state index contributed by atoms with van der Waals surface area (Å²) in [6, 6.07) is 15.7. The minimum atomic E-state index is -0.357. The molecule has 4 N–H and O–H groups in total. The molecule has 24 heavy (non-hydrogen) atoms. The molecule has 3 rings (SSSR count). The van der Waals surface area contributed by atoms with Crippen molar-refractivity contribution in [1.29, 1.82) is 0 Å². The minimum absolute atomic E-state index is 0.177. The summed E-state index contributed by atoms with van der Waals surface area (Å²) in [4.78, 5) is 10.4. The van der Waals surface area contributed by atoms with Crippen molar-refractivity contribution >= 4 is 29.2 Å². The van der Waals surface area contributed by atoms with Crippen LogP contribution in [0.15, 0.2) is 58.5 Å². The summed E-state index contributed by atoms with van der Waals surface area (Å²) in [5.74, 6) is 0.955. The van der Waals surface area contributed by atoms with Gasteiger partial charge in [0.05, 0.1) is 0 Å². The van der Waals surface area contributed by atoms with Gasteiger partial charge in [0.2, 0.25) is 11.9 Å². The third kappa shape index (κ3) is 3.21. The molecule has 124 valence electrons. The van der Waals surface area contributed by atoms with E-state index >= 15 is 0 Å². The lowest BCUT2D eigenvalue weighted by Crippen LogP contribution is -2.44. The van der Waals surface area contributed by atoms with Crippen molar-refractivity contribution in [3.8, 4) is 0 Å². The van der Waals surface area contributed by atoms with Crippen LogP contribution in [-0.2, 0) is 0 Å². The fraction of sp³-hybridized carbons (Fsp3) is 0.222. The second kappa shape index (κ2) is 6.53. The average Bonchev–Trinajstić information content (AvgIpc) is 2.55. The van der Waals surface area contributed by atoms with Crippen LogP contribution >= 0.6 is 11.6 Å². The third-order valence-corrected chi connectivity index (χ3v) is 4.23. The van der Waals surface area contributed by atoms with E-state index in [1.165, 1.54) is 5.56 Å². The Balaban J connectivity index is 2.01. The highest BCUT2D eigenvalue weighted by Gasteiger charge is 2.27. The van der Waals surface area contributed by atoms with Crippen LogP contribution in [-0.4, -0.2) is 11.9 Å². The maximum absolute atomic E-state index is 6.13. The Morgan fingerprint density at radius 3 is 2.21 bits per heavy atom. The Bertz CT molecular complexity index is 778. The molecule has 6 heteroatoms. The molecule has 0 aromatic heterocycles. The van der Waals surface area contributed by atoms with Crippen LogP contribution < -0.4 is 16.4 Å². The first-order valence-electron chi connectivity index (χ1n) is 7.78. The van der Waals surface area contributed by atoms with E-state index in [0.717, 1.165) is 11.3 Å². The average molecular weight is 342 g/mol. The molecule has 1 unspecified atom stereocenters. The highest BCUT2D eigenvalue weighted by atomic mass is 35.5. The maximum atomic E-state index is 6.13. The Morgan fingerprint density at radius 1 is 1.00 bits per heavy atom. The zero-order chi connectivity index (χ0) is 17.3. The molecule has 0 saturated heterocycles. The largest absolute Gasteiger partial charge is 0.369 e. The molecule has 2 aromatic carbocycles. The first-order valence-corrected chi connectivity index (χ1v) is 8.15. The first kappa shape index (κ1) is 16.3. The molecule has 0 amide bonds. The monoisotopic (exact) mass is 341 g/mol. The summed E-state index contributed by atoms with van der Waals surface area (Å²) in [6.07, 6.45) is -0.357. The zero-order valence-corrected chi connectivity index (χ0v) is 14.4. The number of hydrogen-bond donors (Lipinski definition) is 2. The number of benzene rings is 2. The molecule has 1 aliphatic heterocycles. The van der Waals surface area contributed by atoms with E-state index in [0.29, 0.717) is 16.9 Å². The van der Waals surface area contributed by atoms with Gasteiger partial charge in [-0.05, 0) is 41.3 Å². The fourth-order valence-corrected chi connectivity index (χ4v) is 2.79. The predicted octanol–water partition coefficient (Wildman–Crippen LogP) is 3.61. The van der Waals surface area contributed by atoms with Crippen LogP contribution in [0.3, 0.4) is 0 Å². The highest BCUT2D eigenvalue weighted by Crippen LogP contribution is 2.31. The minimum Gasteiger partial charge on any atom is -0.369 e. The molecule has 0 aliphatic carbocycles. The van der Waals surface area contributed by atoms with Gasteiger partial charge in [0.15, 0.2) is 6.17 Å². The topological polar surface area (TPSA) is 80.0 Å². The molecule has 1 atom stereocenters. The molecule has 0 saturated carbocycles. The third-order valence-electron chi connectivity index (χ3n) is 3.98. The molecule has 0 fully saturated rings. The Kier molecular flexibility index (Phi) is 4.44. The summed E-state index contributed by atoms with van der Waals surface area (Å²) >= 11 is 5.98. The highest BCUT2D eigenvalue weighted by molar-refractivity contribution is 6.30. The SMILES string of the molecule is CC(C)c1ccc(C2N=C(N)N=C(N)N2c2ccc(Cl)cc2)cc1. The molecule has 0 spiro atoms. The van der Waals surface area contributed by atoms with E-state index in [1.54, 1.807) is 0 Å². The van der Waals surface area contributed by atoms with Gasteiger partial charge in [-0.3, -0.25) is 4.90 Å². The Labute approximate surface area is 146 Å². The molecule has 5 nitrogen and oxygen atoms in total. The lowest BCUT2D eigenvalue weighted by molar-refractivity contribution is 0.734. The van der Waals surface area contributed by atoms with Crippen LogP contribution in [0.5, 0.6) is 0 Å². The molecule has 1 aliphatic rings. The zero-order valence-electron chi connectivity index (χ0n) is 13.6. The lowest BCUT2D eigenvalue weighted by Gasteiger charge is -2.33. The number of guanidine groups is 2. The standard InChI is InChI=1S/C18H20ClN5/c1-11(2)12-3-5-13(6-4-12)16-22-17(20)23-18(21)24(16)15-9-7-14(19)8-10-15/h3-11,16H,1-2H3,(H4,20,21,22,23). The van der Waals surface area contributed by atoms with Gasteiger partial charge in [0.1, 0.15) is 0 Å². The van der Waals surface area contributed by atoms with E-state index in [4.69, 9.17) is 23.1 Å². The summed E-state index contributed by atoms with van der Waals surface area (Å²) in [7, 11) is 0. The normalized spacial score (nSPS) is 17.7. The lowest BCUT2D eigenvalue weighted by atomic mass is 10.0. The van der Waals surface area contributed by atoms with Gasteiger partial charge in [0.25, 0.3) is 0 Å². The van der Waals surface area contributed by atoms with E-state index in [-0.39, 0.29) is 12.1 Å². The van der Waals surface area contributed by atoms with Crippen LogP contribution in [0.2, 0.25) is 5.02 Å². The van der Waals surface area contributed by atoms with Crippen LogP contribution in [0.1, 0.15) is 37.1 Å². The number of aliphatic imine (C=N–C) groups is 2. The summed E-state index contributed by atoms with van der Waals surface area (Å²) < 4.78 is 0. The van der Waals surface area contributed by atoms with Gasteiger partial charge < -0.3 is 11.5 Å². The van der Waals surface area contributed by atoms with Crippen molar-refractivity contribution < 1.29 is 0 Å². The van der Waals surface area contributed by atoms with Crippen LogP contribution in [0.25, 0.3) is 0 Å². The first-order chi connectivity index (χ1) is 11.5. The molecular weight excluding hydrogens is 322 g/mol. The fourth-order valence-electron chi connectivity index (χ4n) is 2.66. The molecule has 0 radical (unpaired) electrons. The molecule has 0 bridgehead atoms. The van der Waals surface area contributed by atoms with Crippen molar-refractivity contribution in [3.63, 3.8) is 0 Å². The van der Waals surface area contributed by atoms with E-state index in [2.05, 4.69) is 48.1 Å². The number of nitrogens with two attached hydrogens (primary N) is 2. The Hall–Kier alpha value is -2.53. The Morgan fingerprint density at radius 2 is 1.62 bits per heavy atom. The van der Waals surface area contributed by atoms with E-state index in [1.807, 2.05) is 29.2 Å². The van der Waals surface area contributed by atoms with Gasteiger partial charge in [-0.2, -0.15) is 4.99 Å². The van der Waals surface area contributed by atoms with Gasteiger partial charge in [-0.25, -0.2) is 4.99 Å². The second-order valence-corrected chi connectivity index (χ2v) is 6.44. The van der Waals surface area contributed by atoms with E-state index in [9.17, 15) is 0 Å². The van der Waals surface area contributed by atoms with E-state index < -0.39 is 0 Å². The second-order valence-electron chi connectivity index (χ2n) is 6.00. The van der Waals surface area contributed by atoms with Crippen molar-refractivity contribution in [2.24, 2.45) is 21.5 Å². The number of hydrogen-bond acceptors (Lipinski definition) is 5. The van der Waals surface area contributed by atoms with Crippen molar-refractivity contribution in [2.75, 3.05) is 4.90 Å². The van der Waals surface area contributed by atoms with Gasteiger partial charge in [0, 0.05) is 10.7 Å². The predicted molar refractivity (Wildman–Crippen MR) is 100 cm³/mol. The number of anilines is 1. The van der Waals surface area contributed by atoms with Gasteiger partial charge in [-0.1, -0.05) is 49.7 Å². The smallest absolute Gasteiger partial charge is 0.221 e. The van der Waals surface area contributed by atoms with Gasteiger partial charge in [-0.15, -0.1) is 0 Å². The molecular formula is C18H20ClN5. The summed E-state index contributed by atoms with van der Waals surface area (Å²) in [5, 5.41) is 0.659. The summed E-state index contributed by atoms with van der Waals surface area (Å²) in [5.41, 5.74) is 15.1.